The van der Waals surface area contributed by atoms with Crippen molar-refractivity contribution in [1.29, 1.82) is 0 Å². The third-order valence-electron chi connectivity index (χ3n) is 5.32. The molecule has 2 amide bonds. The molecule has 0 radical (unpaired) electrons. The number of unbranched alkanes of at least 4 members (excludes halogenated alkanes) is 6. The number of nitrogens with one attached hydrogen (secondary N) is 1. The lowest BCUT2D eigenvalue weighted by molar-refractivity contribution is -0.144. The Morgan fingerprint density at radius 1 is 1.07 bits per heavy atom. The van der Waals surface area contributed by atoms with E-state index in [1.54, 1.807) is 0 Å². The maximum atomic E-state index is 12.0. The molecule has 2 rings (SSSR count). The fourth-order valence-corrected chi connectivity index (χ4v) is 3.61. The van der Waals surface area contributed by atoms with Crippen LogP contribution < -0.4 is 5.32 Å². The summed E-state index contributed by atoms with van der Waals surface area (Å²) >= 11 is 0. The van der Waals surface area contributed by atoms with E-state index in [2.05, 4.69) is 31.0 Å². The fraction of sp³-hybridized carbons (Fsp3) is 0.480. The van der Waals surface area contributed by atoms with Crippen LogP contribution in [0.25, 0.3) is 0 Å². The van der Waals surface area contributed by atoms with Crippen LogP contribution in [-0.4, -0.2) is 17.8 Å². The second-order valence-electron chi connectivity index (χ2n) is 7.73. The number of benzene rings is 1. The summed E-state index contributed by atoms with van der Waals surface area (Å²) in [4.78, 5) is 34.6. The molecule has 0 bridgehead atoms. The molecule has 162 valence electrons. The zero-order valence-corrected chi connectivity index (χ0v) is 18.0. The van der Waals surface area contributed by atoms with E-state index in [4.69, 9.17) is 4.74 Å². The van der Waals surface area contributed by atoms with Crippen molar-refractivity contribution < 1.29 is 19.1 Å². The van der Waals surface area contributed by atoms with Gasteiger partial charge in [-0.1, -0.05) is 56.9 Å². The predicted molar refractivity (Wildman–Crippen MR) is 118 cm³/mol. The first kappa shape index (κ1) is 23.6. The molecular weight excluding hydrogens is 378 g/mol. The highest BCUT2D eigenvalue weighted by molar-refractivity contribution is 6.17. The Morgan fingerprint density at radius 2 is 1.80 bits per heavy atom. The van der Waals surface area contributed by atoms with Gasteiger partial charge in [-0.15, -0.1) is 6.58 Å². The average Bonchev–Trinajstić information content (AvgIpc) is 3.05. The largest absolute Gasteiger partial charge is 0.461 e. The van der Waals surface area contributed by atoms with Crippen molar-refractivity contribution in [2.24, 2.45) is 0 Å². The lowest BCUT2D eigenvalue weighted by Gasteiger charge is -2.11. The van der Waals surface area contributed by atoms with Gasteiger partial charge in [-0.2, -0.15) is 0 Å². The van der Waals surface area contributed by atoms with Crippen molar-refractivity contribution in [2.45, 2.75) is 77.7 Å². The molecule has 1 aromatic rings. The van der Waals surface area contributed by atoms with Crippen LogP contribution in [0.5, 0.6) is 0 Å². The lowest BCUT2D eigenvalue weighted by Crippen LogP contribution is -2.23. The maximum Gasteiger partial charge on any atom is 0.310 e. The molecule has 0 aromatic heterocycles. The first-order valence-electron chi connectivity index (χ1n) is 11.0. The van der Waals surface area contributed by atoms with Crippen LogP contribution in [0.1, 0.15) is 75.0 Å². The molecule has 0 saturated heterocycles. The minimum atomic E-state index is -0.522. The summed E-state index contributed by atoms with van der Waals surface area (Å²) in [6.45, 7) is 6.06. The summed E-state index contributed by atoms with van der Waals surface area (Å²) in [6, 6.07) is 6.24. The van der Waals surface area contributed by atoms with Crippen molar-refractivity contribution in [1.82, 2.24) is 5.32 Å². The van der Waals surface area contributed by atoms with E-state index in [9.17, 15) is 14.4 Å². The first-order chi connectivity index (χ1) is 14.5. The van der Waals surface area contributed by atoms with Gasteiger partial charge < -0.3 is 4.74 Å². The Labute approximate surface area is 179 Å². The number of carbonyl (C=O) groups excluding carboxylic acids is 3. The van der Waals surface area contributed by atoms with Crippen LogP contribution in [-0.2, 0) is 38.6 Å². The first-order valence-corrected chi connectivity index (χ1v) is 11.0. The van der Waals surface area contributed by atoms with Gasteiger partial charge in [0, 0.05) is 11.6 Å². The summed E-state index contributed by atoms with van der Waals surface area (Å²) in [5.41, 5.74) is 3.74. The van der Waals surface area contributed by atoms with Crippen LogP contribution >= 0.6 is 0 Å². The normalized spacial score (nSPS) is 13.2. The van der Waals surface area contributed by atoms with E-state index in [0.717, 1.165) is 30.9 Å². The zero-order valence-electron chi connectivity index (χ0n) is 18.0. The third-order valence-corrected chi connectivity index (χ3v) is 5.32. The number of hydrogen-bond acceptors (Lipinski definition) is 4. The molecule has 1 aliphatic heterocycles. The minimum absolute atomic E-state index is 0.148. The summed E-state index contributed by atoms with van der Waals surface area (Å²) in [7, 11) is 0. The molecule has 1 heterocycles. The van der Waals surface area contributed by atoms with Gasteiger partial charge in [0.25, 0.3) is 11.8 Å². The second kappa shape index (κ2) is 12.8. The van der Waals surface area contributed by atoms with E-state index in [0.29, 0.717) is 0 Å². The molecule has 5 heteroatoms. The molecule has 0 atom stereocenters. The fourth-order valence-electron chi connectivity index (χ4n) is 3.61. The van der Waals surface area contributed by atoms with Gasteiger partial charge >= 0.3 is 5.97 Å². The van der Waals surface area contributed by atoms with Gasteiger partial charge in [0.1, 0.15) is 6.61 Å². The number of allylic oxidation sites excluding steroid dienone is 1. The molecule has 1 aromatic carbocycles. The number of imide groups is 1. The number of rotatable bonds is 14. The summed E-state index contributed by atoms with van der Waals surface area (Å²) < 4.78 is 5.29. The molecule has 0 spiro atoms. The van der Waals surface area contributed by atoms with Gasteiger partial charge in [0.15, 0.2) is 0 Å². The molecule has 0 aliphatic carbocycles. The zero-order chi connectivity index (χ0) is 21.8. The number of ether oxygens (including phenoxy) is 1. The van der Waals surface area contributed by atoms with E-state index in [1.807, 2.05) is 12.1 Å². The van der Waals surface area contributed by atoms with Crippen molar-refractivity contribution in [3.63, 3.8) is 0 Å². The number of esters is 1. The van der Waals surface area contributed by atoms with Gasteiger partial charge in [-0.25, -0.2) is 0 Å². The number of carbonyl (C=O) groups is 3. The topological polar surface area (TPSA) is 72.5 Å². The Kier molecular flexibility index (Phi) is 10.1. The highest BCUT2D eigenvalue weighted by atomic mass is 16.5. The standard InChI is InChI=1S/C25H33NO4/c1-3-5-6-7-8-9-10-11-12-21-14-13-19(15-20(21)4-2)18-30-24(28)17-22-16-23(27)26-25(22)29/h3,13-16H,1,4-12,17-18H2,2H3,(H,26,27,29). The summed E-state index contributed by atoms with van der Waals surface area (Å²) in [6.07, 6.45) is 13.6. The van der Waals surface area contributed by atoms with Gasteiger partial charge in [0.05, 0.1) is 6.42 Å². The van der Waals surface area contributed by atoms with Gasteiger partial charge in [-0.3, -0.25) is 19.7 Å². The van der Waals surface area contributed by atoms with E-state index in [1.165, 1.54) is 49.7 Å². The molecular formula is C25H33NO4. The Morgan fingerprint density at radius 3 is 2.47 bits per heavy atom. The van der Waals surface area contributed by atoms with Gasteiger partial charge in [-0.05, 0) is 48.8 Å². The SMILES string of the molecule is C=CCCCCCCCCc1ccc(COC(=O)CC2=CC(=O)NC2=O)cc1CC. The lowest BCUT2D eigenvalue weighted by atomic mass is 9.97. The molecule has 0 unspecified atom stereocenters. The Bertz CT molecular complexity index is 794. The molecule has 1 N–H and O–H groups in total. The molecule has 30 heavy (non-hydrogen) atoms. The number of aryl methyl sites for hydroxylation is 2. The Hall–Kier alpha value is -2.69. The number of hydrogen-bond donors (Lipinski definition) is 1. The average molecular weight is 412 g/mol. The summed E-state index contributed by atoms with van der Waals surface area (Å²) in [5, 5.41) is 2.12. The van der Waals surface area contributed by atoms with Crippen molar-refractivity contribution in [3.8, 4) is 0 Å². The highest BCUT2D eigenvalue weighted by Crippen LogP contribution is 2.18. The number of amides is 2. The van der Waals surface area contributed by atoms with E-state index in [-0.39, 0.29) is 18.6 Å². The molecule has 0 saturated carbocycles. The maximum absolute atomic E-state index is 12.0. The highest BCUT2D eigenvalue weighted by Gasteiger charge is 2.23. The van der Waals surface area contributed by atoms with Gasteiger partial charge in [0.2, 0.25) is 0 Å². The van der Waals surface area contributed by atoms with Crippen LogP contribution in [0, 0.1) is 0 Å². The van der Waals surface area contributed by atoms with Crippen LogP contribution in [0.15, 0.2) is 42.5 Å². The smallest absolute Gasteiger partial charge is 0.310 e. The Balaban J connectivity index is 1.74. The molecule has 5 nitrogen and oxygen atoms in total. The van der Waals surface area contributed by atoms with Crippen LogP contribution in [0.2, 0.25) is 0 Å². The monoisotopic (exact) mass is 411 g/mol. The predicted octanol–water partition coefficient (Wildman–Crippen LogP) is 4.72. The third kappa shape index (κ3) is 7.97. The van der Waals surface area contributed by atoms with Crippen LogP contribution in [0.4, 0.5) is 0 Å². The van der Waals surface area contributed by atoms with Crippen LogP contribution in [0.3, 0.4) is 0 Å². The minimum Gasteiger partial charge on any atom is -0.461 e. The van der Waals surface area contributed by atoms with E-state index < -0.39 is 17.8 Å². The molecule has 0 fully saturated rings. The summed E-state index contributed by atoms with van der Waals surface area (Å²) in [5.74, 6) is -1.52. The van der Waals surface area contributed by atoms with Crippen molar-refractivity contribution in [2.75, 3.05) is 0 Å². The quantitative estimate of drug-likeness (QED) is 0.208. The van der Waals surface area contributed by atoms with Crippen molar-refractivity contribution >= 4 is 17.8 Å². The molecule has 1 aliphatic rings. The van der Waals surface area contributed by atoms with Crippen molar-refractivity contribution in [3.05, 3.63) is 59.2 Å². The van der Waals surface area contributed by atoms with E-state index >= 15 is 0 Å². The second-order valence-corrected chi connectivity index (χ2v) is 7.73.